The number of methoxy groups -OCH3 is 1. The van der Waals surface area contributed by atoms with Crippen molar-refractivity contribution in [3.05, 3.63) is 70.8 Å². The van der Waals surface area contributed by atoms with Crippen LogP contribution in [0.4, 0.5) is 0 Å². The second kappa shape index (κ2) is 9.54. The van der Waals surface area contributed by atoms with Crippen molar-refractivity contribution in [1.82, 2.24) is 0 Å². The van der Waals surface area contributed by atoms with Gasteiger partial charge in [0, 0.05) is 16.3 Å². The van der Waals surface area contributed by atoms with E-state index in [1.165, 1.54) is 16.7 Å². The molecule has 0 aromatic heterocycles. The van der Waals surface area contributed by atoms with E-state index in [1.54, 1.807) is 7.11 Å². The molecule has 0 spiro atoms. The number of hydrogen-bond donors (Lipinski definition) is 0. The summed E-state index contributed by atoms with van der Waals surface area (Å²) in [6.45, 7) is 16.0. The summed E-state index contributed by atoms with van der Waals surface area (Å²) in [4.78, 5) is 0. The van der Waals surface area contributed by atoms with E-state index >= 15 is 0 Å². The molecule has 0 fully saturated rings. The van der Waals surface area contributed by atoms with Gasteiger partial charge in [0.05, 0.1) is 7.11 Å². The van der Waals surface area contributed by atoms with Gasteiger partial charge < -0.3 is 9.16 Å². The smallest absolute Gasteiger partial charge is 0.250 e. The van der Waals surface area contributed by atoms with Crippen LogP contribution in [0, 0.1) is 0 Å². The Labute approximate surface area is 195 Å². The van der Waals surface area contributed by atoms with Crippen LogP contribution in [0.3, 0.4) is 0 Å². The predicted octanol–water partition coefficient (Wildman–Crippen LogP) is 8.53. The standard InChI is InChI=1S/C29H38O2Si/c1-9-23-24(10-2)28(31-32(7,8)29(3,4)5)26-20-22(18-19-25(26)27(23)30-6)17-16-21-14-12-11-13-15-21/h11-20H,9-10H2,1-8H3/b17-16+. The molecule has 3 aromatic carbocycles. The van der Waals surface area contributed by atoms with Crippen molar-refractivity contribution in [2.24, 2.45) is 0 Å². The lowest BCUT2D eigenvalue weighted by molar-refractivity contribution is 0.413. The molecule has 0 aliphatic carbocycles. The van der Waals surface area contributed by atoms with Gasteiger partial charge in [-0.3, -0.25) is 0 Å². The van der Waals surface area contributed by atoms with E-state index in [4.69, 9.17) is 9.16 Å². The van der Waals surface area contributed by atoms with E-state index in [1.807, 2.05) is 6.07 Å². The molecule has 0 N–H and O–H groups in total. The Hall–Kier alpha value is -2.52. The molecule has 0 aliphatic rings. The number of fused-ring (bicyclic) bond motifs is 1. The summed E-state index contributed by atoms with van der Waals surface area (Å²) in [7, 11) is -0.239. The highest BCUT2D eigenvalue weighted by atomic mass is 28.4. The molecule has 32 heavy (non-hydrogen) atoms. The Morgan fingerprint density at radius 2 is 1.38 bits per heavy atom. The molecular formula is C29H38O2Si. The predicted molar refractivity (Wildman–Crippen MR) is 142 cm³/mol. The molecule has 0 atom stereocenters. The van der Waals surface area contributed by atoms with Crippen LogP contribution in [0.1, 0.15) is 56.9 Å². The molecule has 0 radical (unpaired) electrons. The molecule has 3 rings (SSSR count). The molecule has 2 nitrogen and oxygen atoms in total. The van der Waals surface area contributed by atoms with Crippen LogP contribution in [-0.4, -0.2) is 15.4 Å². The molecule has 3 heteroatoms. The second-order valence-corrected chi connectivity index (χ2v) is 14.7. The maximum atomic E-state index is 7.02. The third kappa shape index (κ3) is 4.78. The summed E-state index contributed by atoms with van der Waals surface area (Å²) in [5.41, 5.74) is 4.91. The minimum absolute atomic E-state index is 0.126. The zero-order valence-electron chi connectivity index (χ0n) is 21.0. The largest absolute Gasteiger partial charge is 0.543 e. The topological polar surface area (TPSA) is 18.5 Å². The first-order valence-corrected chi connectivity index (χ1v) is 14.6. The molecule has 0 saturated heterocycles. The van der Waals surface area contributed by atoms with Gasteiger partial charge in [-0.25, -0.2) is 0 Å². The first kappa shape index (κ1) is 24.1. The highest BCUT2D eigenvalue weighted by Gasteiger charge is 2.40. The minimum atomic E-state index is -2.02. The maximum Gasteiger partial charge on any atom is 0.250 e. The monoisotopic (exact) mass is 446 g/mol. The van der Waals surface area contributed by atoms with Crippen LogP contribution in [0.25, 0.3) is 22.9 Å². The summed E-state index contributed by atoms with van der Waals surface area (Å²) in [6.07, 6.45) is 6.18. The van der Waals surface area contributed by atoms with Crippen molar-refractivity contribution in [2.45, 2.75) is 65.6 Å². The lowest BCUT2D eigenvalue weighted by atomic mass is 9.93. The van der Waals surface area contributed by atoms with E-state index in [2.05, 4.69) is 102 Å². The fourth-order valence-electron chi connectivity index (χ4n) is 3.91. The van der Waals surface area contributed by atoms with Crippen molar-refractivity contribution in [2.75, 3.05) is 7.11 Å². The Morgan fingerprint density at radius 3 is 1.94 bits per heavy atom. The van der Waals surface area contributed by atoms with Crippen molar-refractivity contribution in [3.63, 3.8) is 0 Å². The number of hydrogen-bond acceptors (Lipinski definition) is 2. The Morgan fingerprint density at radius 1 is 0.781 bits per heavy atom. The van der Waals surface area contributed by atoms with Crippen molar-refractivity contribution >= 4 is 31.2 Å². The summed E-state index contributed by atoms with van der Waals surface area (Å²) >= 11 is 0. The van der Waals surface area contributed by atoms with Crippen LogP contribution in [-0.2, 0) is 12.8 Å². The maximum absolute atomic E-state index is 7.02. The normalized spacial score (nSPS) is 12.5. The highest BCUT2D eigenvalue weighted by Crippen LogP contribution is 2.46. The van der Waals surface area contributed by atoms with E-state index in [0.29, 0.717) is 0 Å². The molecule has 3 aromatic rings. The lowest BCUT2D eigenvalue weighted by Crippen LogP contribution is -2.44. The quantitative estimate of drug-likeness (QED) is 0.267. The number of benzene rings is 3. The van der Waals surface area contributed by atoms with Gasteiger partial charge in [0.15, 0.2) is 0 Å². The van der Waals surface area contributed by atoms with Gasteiger partial charge >= 0.3 is 0 Å². The first-order valence-electron chi connectivity index (χ1n) is 11.7. The van der Waals surface area contributed by atoms with Crippen LogP contribution < -0.4 is 9.16 Å². The van der Waals surface area contributed by atoms with E-state index in [-0.39, 0.29) is 5.04 Å². The number of rotatable bonds is 7. The molecule has 0 saturated carbocycles. The van der Waals surface area contributed by atoms with Gasteiger partial charge in [0.1, 0.15) is 11.5 Å². The third-order valence-corrected chi connectivity index (χ3v) is 11.1. The third-order valence-electron chi connectivity index (χ3n) is 6.79. The van der Waals surface area contributed by atoms with Crippen molar-refractivity contribution in [1.29, 1.82) is 0 Å². The molecule has 0 amide bonds. The first-order chi connectivity index (χ1) is 15.1. The molecule has 0 aliphatic heterocycles. The van der Waals surface area contributed by atoms with Crippen molar-refractivity contribution < 1.29 is 9.16 Å². The fraction of sp³-hybridized carbons (Fsp3) is 0.379. The zero-order chi connectivity index (χ0) is 23.5. The summed E-state index contributed by atoms with van der Waals surface area (Å²) in [5, 5.41) is 2.41. The number of ether oxygens (including phenoxy) is 1. The fourth-order valence-corrected chi connectivity index (χ4v) is 4.96. The van der Waals surface area contributed by atoms with Gasteiger partial charge in [-0.05, 0) is 59.8 Å². The minimum Gasteiger partial charge on any atom is -0.543 e. The molecule has 0 heterocycles. The van der Waals surface area contributed by atoms with Gasteiger partial charge in [-0.1, -0.05) is 83.2 Å². The molecule has 0 unspecified atom stereocenters. The molecule has 0 bridgehead atoms. The van der Waals surface area contributed by atoms with E-state index < -0.39 is 8.32 Å². The summed E-state index contributed by atoms with van der Waals surface area (Å²) < 4.78 is 13.0. The molecular weight excluding hydrogens is 408 g/mol. The van der Waals surface area contributed by atoms with E-state index in [9.17, 15) is 0 Å². The Bertz CT molecular complexity index is 1110. The Kier molecular flexibility index (Phi) is 7.19. The van der Waals surface area contributed by atoms with Crippen molar-refractivity contribution in [3.8, 4) is 11.5 Å². The summed E-state index contributed by atoms with van der Waals surface area (Å²) in [6, 6.07) is 17.0. The van der Waals surface area contributed by atoms with Crippen LogP contribution >= 0.6 is 0 Å². The summed E-state index contributed by atoms with van der Waals surface area (Å²) in [5.74, 6) is 2.04. The second-order valence-electron chi connectivity index (χ2n) is 9.94. The average molecular weight is 447 g/mol. The molecule has 170 valence electrons. The van der Waals surface area contributed by atoms with Crippen LogP contribution in [0.15, 0.2) is 48.5 Å². The average Bonchev–Trinajstić information content (AvgIpc) is 2.76. The van der Waals surface area contributed by atoms with Gasteiger partial charge in [0.2, 0.25) is 0 Å². The van der Waals surface area contributed by atoms with Gasteiger partial charge in [-0.15, -0.1) is 0 Å². The van der Waals surface area contributed by atoms with Gasteiger partial charge in [-0.2, -0.15) is 0 Å². The van der Waals surface area contributed by atoms with Crippen LogP contribution in [0.5, 0.6) is 11.5 Å². The zero-order valence-corrected chi connectivity index (χ0v) is 22.0. The highest BCUT2D eigenvalue weighted by molar-refractivity contribution is 6.74. The van der Waals surface area contributed by atoms with Crippen LogP contribution in [0.2, 0.25) is 18.1 Å². The SMILES string of the molecule is CCc1c(CC)c(O[Si](C)(C)C(C)(C)C)c2cc(/C=C/c3ccccc3)ccc2c1OC. The lowest BCUT2D eigenvalue weighted by Gasteiger charge is -2.38. The van der Waals surface area contributed by atoms with Gasteiger partial charge in [0.25, 0.3) is 8.32 Å². The Balaban J connectivity index is 2.25. The van der Waals surface area contributed by atoms with E-state index in [0.717, 1.165) is 40.7 Å².